The molecule has 0 bridgehead atoms. The maximum absolute atomic E-state index is 11.8. The summed E-state index contributed by atoms with van der Waals surface area (Å²) in [6.07, 6.45) is 0. The second-order valence-corrected chi connectivity index (χ2v) is 9.49. The normalized spacial score (nSPS) is 12.9. The van der Waals surface area contributed by atoms with E-state index in [4.69, 9.17) is 0 Å². The fraction of sp³-hybridized carbons (Fsp3) is 0. The first kappa shape index (κ1) is 21.2. The van der Waals surface area contributed by atoms with Gasteiger partial charge in [0, 0.05) is 5.39 Å². The van der Waals surface area contributed by atoms with Gasteiger partial charge in [-0.2, -0.15) is 25.3 Å². The highest BCUT2D eigenvalue weighted by molar-refractivity contribution is 7.90. The Kier molecular flexibility index (Phi) is 5.09. The van der Waals surface area contributed by atoms with Gasteiger partial charge in [0.25, 0.3) is 30.4 Å². The van der Waals surface area contributed by atoms with Crippen molar-refractivity contribution in [3.8, 4) is 0 Å². The first-order valence-corrected chi connectivity index (χ1v) is 11.0. The van der Waals surface area contributed by atoms with E-state index in [1.54, 1.807) is 24.3 Å². The molecular weight excluding hydrogens is 422 g/mol. The van der Waals surface area contributed by atoms with Gasteiger partial charge in [0.15, 0.2) is 0 Å². The topological polar surface area (TPSA) is 198 Å². The van der Waals surface area contributed by atoms with E-state index in [0.717, 1.165) is 0 Å². The van der Waals surface area contributed by atoms with E-state index in [9.17, 15) is 38.9 Å². The summed E-state index contributed by atoms with van der Waals surface area (Å²) < 4.78 is 98.4. The fourth-order valence-corrected chi connectivity index (χ4v) is 6.10. The SMILES string of the molecule is N.O=S(=O)(O)c1cc2cc3ccccc3cc2c(S(=O)(=O)O)c1S(=O)(=O)O. The van der Waals surface area contributed by atoms with Crippen molar-refractivity contribution >= 4 is 51.9 Å². The average molecular weight is 435 g/mol. The van der Waals surface area contributed by atoms with Crippen LogP contribution in [0, 0.1) is 0 Å². The van der Waals surface area contributed by atoms with Gasteiger partial charge in [0.1, 0.15) is 14.7 Å². The van der Waals surface area contributed by atoms with Crippen LogP contribution in [0.15, 0.2) is 57.2 Å². The van der Waals surface area contributed by atoms with E-state index in [1.807, 2.05) is 0 Å². The molecular formula is C14H13NO9S3. The van der Waals surface area contributed by atoms with Gasteiger partial charge in [-0.25, -0.2) is 0 Å². The lowest BCUT2D eigenvalue weighted by Crippen LogP contribution is -2.15. The van der Waals surface area contributed by atoms with Gasteiger partial charge < -0.3 is 6.15 Å². The molecule has 3 rings (SSSR count). The maximum Gasteiger partial charge on any atom is 0.297 e. The number of benzene rings is 3. The Labute approximate surface area is 154 Å². The van der Waals surface area contributed by atoms with Gasteiger partial charge in [-0.1, -0.05) is 24.3 Å². The molecule has 0 aliphatic carbocycles. The summed E-state index contributed by atoms with van der Waals surface area (Å²) in [6.45, 7) is 0. The smallest absolute Gasteiger partial charge is 0.297 e. The minimum Gasteiger partial charge on any atom is -0.344 e. The molecule has 146 valence electrons. The third-order valence-corrected chi connectivity index (χ3v) is 6.69. The van der Waals surface area contributed by atoms with Crippen LogP contribution in [0.1, 0.15) is 0 Å². The lowest BCUT2D eigenvalue weighted by molar-refractivity contribution is 0.457. The molecule has 0 aliphatic rings. The van der Waals surface area contributed by atoms with Crippen LogP contribution >= 0.6 is 0 Å². The van der Waals surface area contributed by atoms with Gasteiger partial charge >= 0.3 is 0 Å². The Balaban J connectivity index is 0.00000261. The summed E-state index contributed by atoms with van der Waals surface area (Å²) in [5.74, 6) is 0. The molecule has 3 aromatic carbocycles. The van der Waals surface area contributed by atoms with Crippen molar-refractivity contribution in [3.05, 3.63) is 42.5 Å². The molecule has 10 nitrogen and oxygen atoms in total. The highest BCUT2D eigenvalue weighted by Gasteiger charge is 2.34. The van der Waals surface area contributed by atoms with E-state index in [2.05, 4.69) is 0 Å². The second kappa shape index (κ2) is 6.49. The molecule has 0 spiro atoms. The summed E-state index contributed by atoms with van der Waals surface area (Å²) in [5, 5.41) is 0.593. The standard InChI is InChI=1S/C14H10O9S3.H3N/c15-24(16,17)12-7-10-5-8-3-1-2-4-9(8)6-11(10)13(25(18,19)20)14(12)26(21,22)23;/h1-7H,(H,15,16,17)(H,18,19,20)(H,21,22,23);1H3. The molecule has 13 heteroatoms. The molecule has 0 aliphatic heterocycles. The van der Waals surface area contributed by atoms with Crippen molar-refractivity contribution < 1.29 is 38.9 Å². The molecule has 0 atom stereocenters. The third kappa shape index (κ3) is 3.79. The van der Waals surface area contributed by atoms with Crippen LogP contribution in [0.4, 0.5) is 0 Å². The molecule has 0 fully saturated rings. The van der Waals surface area contributed by atoms with E-state index in [1.165, 1.54) is 12.1 Å². The Morgan fingerprint density at radius 1 is 0.593 bits per heavy atom. The van der Waals surface area contributed by atoms with Gasteiger partial charge in [0.2, 0.25) is 0 Å². The van der Waals surface area contributed by atoms with E-state index in [0.29, 0.717) is 16.8 Å². The van der Waals surface area contributed by atoms with Crippen molar-refractivity contribution in [1.29, 1.82) is 0 Å². The zero-order chi connectivity index (χ0) is 19.5. The molecule has 0 unspecified atom stereocenters. The van der Waals surface area contributed by atoms with Gasteiger partial charge in [-0.15, -0.1) is 0 Å². The van der Waals surface area contributed by atoms with Crippen LogP contribution in [0.3, 0.4) is 0 Å². The van der Waals surface area contributed by atoms with Crippen molar-refractivity contribution in [2.24, 2.45) is 0 Å². The zero-order valence-corrected chi connectivity index (χ0v) is 15.7. The fourth-order valence-electron chi connectivity index (χ4n) is 2.71. The average Bonchev–Trinajstić information content (AvgIpc) is 2.48. The Morgan fingerprint density at radius 3 is 1.52 bits per heavy atom. The van der Waals surface area contributed by atoms with Crippen LogP contribution in [0.25, 0.3) is 21.5 Å². The number of hydrogen-bond acceptors (Lipinski definition) is 7. The van der Waals surface area contributed by atoms with Crippen molar-refractivity contribution in [1.82, 2.24) is 6.15 Å². The lowest BCUT2D eigenvalue weighted by atomic mass is 10.0. The zero-order valence-electron chi connectivity index (χ0n) is 13.3. The first-order valence-electron chi connectivity index (χ1n) is 6.72. The van der Waals surface area contributed by atoms with E-state index < -0.39 is 45.0 Å². The molecule has 27 heavy (non-hydrogen) atoms. The molecule has 0 saturated carbocycles. The number of rotatable bonds is 3. The van der Waals surface area contributed by atoms with E-state index >= 15 is 0 Å². The summed E-state index contributed by atoms with van der Waals surface area (Å²) in [5.41, 5.74) is 0. The van der Waals surface area contributed by atoms with Crippen molar-refractivity contribution in [2.45, 2.75) is 14.7 Å². The summed E-state index contributed by atoms with van der Waals surface area (Å²) in [7, 11) is -16.0. The van der Waals surface area contributed by atoms with Crippen LogP contribution < -0.4 is 6.15 Å². The van der Waals surface area contributed by atoms with Gasteiger partial charge in [-0.05, 0) is 34.4 Å². The molecule has 0 heterocycles. The van der Waals surface area contributed by atoms with Crippen molar-refractivity contribution in [3.63, 3.8) is 0 Å². The van der Waals surface area contributed by atoms with Crippen LogP contribution in [0.5, 0.6) is 0 Å². The minimum atomic E-state index is -5.45. The Bertz CT molecular complexity index is 1390. The summed E-state index contributed by atoms with van der Waals surface area (Å²) in [6, 6.07) is 9.76. The molecule has 6 N–H and O–H groups in total. The number of fused-ring (bicyclic) bond motifs is 2. The maximum atomic E-state index is 11.8. The summed E-state index contributed by atoms with van der Waals surface area (Å²) in [4.78, 5) is -4.32. The Hall–Kier alpha value is -2.13. The molecule has 0 radical (unpaired) electrons. The largest absolute Gasteiger partial charge is 0.344 e. The molecule has 0 aromatic heterocycles. The monoisotopic (exact) mass is 435 g/mol. The predicted molar refractivity (Wildman–Crippen MR) is 95.9 cm³/mol. The Morgan fingerprint density at radius 2 is 1.07 bits per heavy atom. The molecule has 0 saturated heterocycles. The lowest BCUT2D eigenvalue weighted by Gasteiger charge is -2.13. The van der Waals surface area contributed by atoms with Crippen molar-refractivity contribution in [2.75, 3.05) is 0 Å². The van der Waals surface area contributed by atoms with Crippen LogP contribution in [0.2, 0.25) is 0 Å². The minimum absolute atomic E-state index is 0. The van der Waals surface area contributed by atoms with Crippen LogP contribution in [-0.2, 0) is 30.4 Å². The third-order valence-electron chi connectivity index (χ3n) is 3.67. The predicted octanol–water partition coefficient (Wildman–Crippen LogP) is 1.90. The number of hydrogen-bond donors (Lipinski definition) is 4. The van der Waals surface area contributed by atoms with Gasteiger partial charge in [-0.3, -0.25) is 13.7 Å². The highest BCUT2D eigenvalue weighted by atomic mass is 32.2. The molecule has 0 amide bonds. The second-order valence-electron chi connectivity index (χ2n) is 5.38. The van der Waals surface area contributed by atoms with Crippen LogP contribution in [-0.4, -0.2) is 38.9 Å². The summed E-state index contributed by atoms with van der Waals surface area (Å²) >= 11 is 0. The van der Waals surface area contributed by atoms with E-state index in [-0.39, 0.29) is 16.9 Å². The highest BCUT2D eigenvalue weighted by Crippen LogP contribution is 2.37. The quantitative estimate of drug-likeness (QED) is 0.348. The first-order chi connectivity index (χ1) is 11.8. The van der Waals surface area contributed by atoms with Gasteiger partial charge in [0.05, 0.1) is 0 Å². The molecule has 3 aromatic rings.